The number of benzene rings is 2. The van der Waals surface area contributed by atoms with Crippen molar-refractivity contribution in [2.75, 3.05) is 19.7 Å². The van der Waals surface area contributed by atoms with Gasteiger partial charge in [0, 0.05) is 36.8 Å². The van der Waals surface area contributed by atoms with Crippen molar-refractivity contribution < 1.29 is 4.74 Å². The van der Waals surface area contributed by atoms with Gasteiger partial charge in [0.25, 0.3) is 0 Å². The van der Waals surface area contributed by atoms with E-state index in [0.717, 1.165) is 43.0 Å². The van der Waals surface area contributed by atoms with Crippen LogP contribution in [0.4, 0.5) is 0 Å². The molecule has 29 heavy (non-hydrogen) atoms. The van der Waals surface area contributed by atoms with Gasteiger partial charge in [-0.15, -0.1) is 0 Å². The smallest absolute Gasteiger partial charge is 0.223 e. The fourth-order valence-electron chi connectivity index (χ4n) is 4.40. The highest BCUT2D eigenvalue weighted by Crippen LogP contribution is 2.32. The van der Waals surface area contributed by atoms with Crippen molar-refractivity contribution >= 4 is 21.7 Å². The van der Waals surface area contributed by atoms with E-state index in [1.165, 1.54) is 29.2 Å². The second kappa shape index (κ2) is 7.88. The number of para-hydroxylation sites is 1. The second-order valence-electron chi connectivity index (χ2n) is 8.20. The number of hydrogen-bond donors (Lipinski definition) is 0. The molecule has 2 aromatic heterocycles. The molecule has 2 aromatic carbocycles. The lowest BCUT2D eigenvalue weighted by Crippen LogP contribution is -2.35. The minimum Gasteiger partial charge on any atom is -0.477 e. The van der Waals surface area contributed by atoms with E-state index in [9.17, 15) is 0 Å². The van der Waals surface area contributed by atoms with Gasteiger partial charge in [0.15, 0.2) is 0 Å². The first kappa shape index (κ1) is 18.2. The van der Waals surface area contributed by atoms with Crippen LogP contribution in [0.5, 0.6) is 5.88 Å². The largest absolute Gasteiger partial charge is 0.477 e. The summed E-state index contributed by atoms with van der Waals surface area (Å²) in [5.74, 6) is 1.36. The highest BCUT2D eigenvalue weighted by atomic mass is 16.5. The van der Waals surface area contributed by atoms with Crippen LogP contribution in [-0.4, -0.2) is 34.1 Å². The first-order valence-corrected chi connectivity index (χ1v) is 10.5. The van der Waals surface area contributed by atoms with Crippen molar-refractivity contribution in [1.82, 2.24) is 14.5 Å². The lowest BCUT2D eigenvalue weighted by atomic mass is 9.97. The molecular formula is C25H27N3O. The molecule has 0 atom stereocenters. The summed E-state index contributed by atoms with van der Waals surface area (Å²) in [6, 6.07) is 19.1. The maximum atomic E-state index is 6.29. The van der Waals surface area contributed by atoms with Gasteiger partial charge < -0.3 is 9.30 Å². The average Bonchev–Trinajstić information content (AvgIpc) is 3.16. The van der Waals surface area contributed by atoms with Crippen molar-refractivity contribution in [3.05, 3.63) is 72.6 Å². The van der Waals surface area contributed by atoms with Crippen LogP contribution in [0.15, 0.2) is 67.0 Å². The number of rotatable bonds is 5. The van der Waals surface area contributed by atoms with Crippen molar-refractivity contribution in [2.45, 2.75) is 19.4 Å². The van der Waals surface area contributed by atoms with Crippen molar-refractivity contribution in [3.63, 3.8) is 0 Å². The lowest BCUT2D eigenvalue weighted by Gasteiger charge is -2.31. The number of piperidine rings is 1. The minimum atomic E-state index is 0.592. The van der Waals surface area contributed by atoms with Gasteiger partial charge in [-0.05, 0) is 43.5 Å². The van der Waals surface area contributed by atoms with E-state index in [-0.39, 0.29) is 0 Å². The van der Waals surface area contributed by atoms with Crippen LogP contribution in [0.3, 0.4) is 0 Å². The van der Waals surface area contributed by atoms with E-state index in [0.29, 0.717) is 5.92 Å². The van der Waals surface area contributed by atoms with E-state index >= 15 is 0 Å². The molecule has 148 valence electrons. The third-order valence-corrected chi connectivity index (χ3v) is 6.01. The van der Waals surface area contributed by atoms with Gasteiger partial charge in [-0.3, -0.25) is 4.90 Å². The van der Waals surface area contributed by atoms with Gasteiger partial charge in [0.1, 0.15) is 0 Å². The summed E-state index contributed by atoms with van der Waals surface area (Å²) in [6.45, 7) is 4.06. The maximum absolute atomic E-state index is 6.29. The Bertz CT molecular complexity index is 1110. The van der Waals surface area contributed by atoms with Gasteiger partial charge >= 0.3 is 0 Å². The maximum Gasteiger partial charge on any atom is 0.223 e. The van der Waals surface area contributed by atoms with E-state index in [1.807, 2.05) is 6.07 Å². The Hall–Kier alpha value is -2.85. The SMILES string of the molecule is Cn1cc2c(OCC3CCN(Cc4ccccc4)CC3)nc3ccccc3c2c1. The van der Waals surface area contributed by atoms with Crippen LogP contribution >= 0.6 is 0 Å². The standard InChI is InChI=1S/C25H27N3O/c1-27-16-22-21-9-5-6-10-24(21)26-25(23(22)17-27)29-18-20-11-13-28(14-12-20)15-19-7-3-2-4-8-19/h2-10,16-17,20H,11-15,18H2,1H3. The molecule has 0 spiro atoms. The molecule has 4 aromatic rings. The van der Waals surface area contributed by atoms with Crippen LogP contribution in [0.2, 0.25) is 0 Å². The topological polar surface area (TPSA) is 30.3 Å². The monoisotopic (exact) mass is 385 g/mol. The Morgan fingerprint density at radius 1 is 0.897 bits per heavy atom. The van der Waals surface area contributed by atoms with Crippen molar-refractivity contribution in [2.24, 2.45) is 13.0 Å². The summed E-state index contributed by atoms with van der Waals surface area (Å²) < 4.78 is 8.38. The van der Waals surface area contributed by atoms with Gasteiger partial charge in [-0.2, -0.15) is 0 Å². The molecule has 0 unspecified atom stereocenters. The molecule has 5 rings (SSSR count). The number of pyridine rings is 1. The summed E-state index contributed by atoms with van der Waals surface area (Å²) in [6.07, 6.45) is 6.64. The van der Waals surface area contributed by atoms with Crippen LogP contribution in [-0.2, 0) is 13.6 Å². The van der Waals surface area contributed by atoms with Crippen LogP contribution in [0.1, 0.15) is 18.4 Å². The Labute approximate surface area is 171 Å². The molecule has 0 saturated carbocycles. The first-order valence-electron chi connectivity index (χ1n) is 10.5. The second-order valence-corrected chi connectivity index (χ2v) is 8.20. The van der Waals surface area contributed by atoms with E-state index in [1.54, 1.807) is 0 Å². The van der Waals surface area contributed by atoms with Crippen LogP contribution < -0.4 is 4.74 Å². The summed E-state index contributed by atoms with van der Waals surface area (Å²) >= 11 is 0. The normalized spacial score (nSPS) is 15.9. The zero-order chi connectivity index (χ0) is 19.6. The Kier molecular flexibility index (Phi) is 4.94. The summed E-state index contributed by atoms with van der Waals surface area (Å²) in [7, 11) is 2.06. The molecule has 3 heterocycles. The number of nitrogens with zero attached hydrogens (tertiary/aromatic N) is 3. The molecular weight excluding hydrogens is 358 g/mol. The van der Waals surface area contributed by atoms with Crippen molar-refractivity contribution in [1.29, 1.82) is 0 Å². The van der Waals surface area contributed by atoms with Gasteiger partial charge in [0.05, 0.1) is 17.5 Å². The van der Waals surface area contributed by atoms with E-state index < -0.39 is 0 Å². The molecule has 1 saturated heterocycles. The number of hydrogen-bond acceptors (Lipinski definition) is 3. The van der Waals surface area contributed by atoms with Gasteiger partial charge in [0.2, 0.25) is 5.88 Å². The van der Waals surface area contributed by atoms with Crippen LogP contribution in [0.25, 0.3) is 21.7 Å². The number of ether oxygens (including phenoxy) is 1. The Morgan fingerprint density at radius 3 is 2.45 bits per heavy atom. The third kappa shape index (κ3) is 3.85. The van der Waals surface area contributed by atoms with Gasteiger partial charge in [-0.25, -0.2) is 4.98 Å². The van der Waals surface area contributed by atoms with Gasteiger partial charge in [-0.1, -0.05) is 48.5 Å². The van der Waals surface area contributed by atoms with E-state index in [4.69, 9.17) is 9.72 Å². The third-order valence-electron chi connectivity index (χ3n) is 6.01. The molecule has 0 N–H and O–H groups in total. The van der Waals surface area contributed by atoms with E-state index in [2.05, 4.69) is 77.4 Å². The molecule has 4 nitrogen and oxygen atoms in total. The van der Waals surface area contributed by atoms with Crippen molar-refractivity contribution in [3.8, 4) is 5.88 Å². The predicted octanol–water partition coefficient (Wildman–Crippen LogP) is 5.02. The molecule has 4 heteroatoms. The number of aromatic nitrogens is 2. The fraction of sp³-hybridized carbons (Fsp3) is 0.320. The summed E-state index contributed by atoms with van der Waals surface area (Å²) in [5, 5.41) is 3.50. The lowest BCUT2D eigenvalue weighted by molar-refractivity contribution is 0.135. The Morgan fingerprint density at radius 2 is 1.62 bits per heavy atom. The number of likely N-dealkylation sites (tertiary alicyclic amines) is 1. The predicted molar refractivity (Wildman–Crippen MR) is 118 cm³/mol. The molecule has 1 fully saturated rings. The number of aryl methyl sites for hydroxylation is 1. The highest BCUT2D eigenvalue weighted by Gasteiger charge is 2.21. The summed E-state index contributed by atoms with van der Waals surface area (Å²) in [5.41, 5.74) is 2.40. The Balaban J connectivity index is 1.25. The quantitative estimate of drug-likeness (QED) is 0.483. The molecule has 1 aliphatic rings. The number of fused-ring (bicyclic) bond motifs is 3. The van der Waals surface area contributed by atoms with Crippen LogP contribution in [0, 0.1) is 5.92 Å². The first-order chi connectivity index (χ1) is 14.3. The zero-order valence-corrected chi connectivity index (χ0v) is 16.9. The molecule has 0 radical (unpaired) electrons. The molecule has 1 aliphatic heterocycles. The molecule has 0 amide bonds. The minimum absolute atomic E-state index is 0.592. The zero-order valence-electron chi connectivity index (χ0n) is 16.9. The average molecular weight is 386 g/mol. The molecule has 0 bridgehead atoms. The molecule has 0 aliphatic carbocycles. The summed E-state index contributed by atoms with van der Waals surface area (Å²) in [4.78, 5) is 7.38. The fourth-order valence-corrected chi connectivity index (χ4v) is 4.40. The highest BCUT2D eigenvalue weighted by molar-refractivity contribution is 6.07.